The second-order valence-electron chi connectivity index (χ2n) is 8.83. The lowest BCUT2D eigenvalue weighted by Crippen LogP contribution is -2.50. The second-order valence-corrected chi connectivity index (χ2v) is 8.83. The number of hydrogen-bond donors (Lipinski definition) is 1. The van der Waals surface area contributed by atoms with Gasteiger partial charge in [0.15, 0.2) is 5.78 Å². The fourth-order valence-corrected chi connectivity index (χ4v) is 4.21. The van der Waals surface area contributed by atoms with Crippen molar-refractivity contribution in [1.82, 2.24) is 14.9 Å². The van der Waals surface area contributed by atoms with E-state index in [1.807, 2.05) is 30.9 Å². The fraction of sp³-hybridized carbons (Fsp3) is 0.500. The Hall–Kier alpha value is -2.96. The molecule has 2 aliphatic rings. The van der Waals surface area contributed by atoms with Crippen LogP contribution in [0.4, 0.5) is 16.4 Å². The molecule has 0 spiro atoms. The third-order valence-corrected chi connectivity index (χ3v) is 6.09. The summed E-state index contributed by atoms with van der Waals surface area (Å²) in [6.45, 7) is 7.99. The lowest BCUT2D eigenvalue weighted by molar-refractivity contribution is 0.101. The van der Waals surface area contributed by atoms with E-state index in [1.54, 1.807) is 18.2 Å². The maximum absolute atomic E-state index is 13.2. The quantitative estimate of drug-likeness (QED) is 0.707. The molecule has 1 N–H and O–H groups in total. The van der Waals surface area contributed by atoms with Crippen molar-refractivity contribution in [1.29, 1.82) is 0 Å². The number of amides is 2. The third kappa shape index (κ3) is 5.40. The molecule has 1 saturated carbocycles. The summed E-state index contributed by atoms with van der Waals surface area (Å²) >= 11 is 0. The van der Waals surface area contributed by atoms with Crippen LogP contribution in [-0.4, -0.2) is 52.4 Å². The van der Waals surface area contributed by atoms with Crippen LogP contribution in [0.25, 0.3) is 0 Å². The van der Waals surface area contributed by atoms with Gasteiger partial charge in [-0.3, -0.25) is 4.79 Å². The Morgan fingerprint density at radius 1 is 1.06 bits per heavy atom. The number of aryl methyl sites for hydroxylation is 2. The van der Waals surface area contributed by atoms with Crippen molar-refractivity contribution in [3.63, 3.8) is 0 Å². The molecule has 0 unspecified atom stereocenters. The number of hydrogen-bond acceptors (Lipinski definition) is 5. The smallest absolute Gasteiger partial charge is 0.322 e. The van der Waals surface area contributed by atoms with E-state index in [-0.39, 0.29) is 17.9 Å². The number of nitrogens with one attached hydrogen (secondary N) is 1. The topological polar surface area (TPSA) is 78.4 Å². The summed E-state index contributed by atoms with van der Waals surface area (Å²) in [6, 6.07) is 9.26. The molecular weight excluding hydrogens is 390 g/mol. The zero-order chi connectivity index (χ0) is 22.0. The molecule has 1 aromatic heterocycles. The van der Waals surface area contributed by atoms with Crippen molar-refractivity contribution in [2.24, 2.45) is 5.92 Å². The number of carbonyl (C=O) groups is 2. The maximum Gasteiger partial charge on any atom is 0.322 e. The van der Waals surface area contributed by atoms with E-state index in [4.69, 9.17) is 0 Å². The molecule has 2 heterocycles. The Balaban J connectivity index is 1.43. The standard InChI is InChI=1S/C24H31N5O2/c1-16-13-17(2)26-23(25-16)28-11-9-22(10-12-28)29(15-19-7-8-19)24(31)27-21-6-4-5-20(14-21)18(3)30/h4-6,13-14,19,22H,7-12,15H2,1-3H3,(H,27,31). The molecule has 0 radical (unpaired) electrons. The number of benzene rings is 1. The van der Waals surface area contributed by atoms with Gasteiger partial charge in [0, 0.05) is 48.3 Å². The lowest BCUT2D eigenvalue weighted by atomic mass is 10.0. The van der Waals surface area contributed by atoms with Crippen LogP contribution >= 0.6 is 0 Å². The number of urea groups is 1. The Morgan fingerprint density at radius 3 is 2.35 bits per heavy atom. The first-order chi connectivity index (χ1) is 14.9. The van der Waals surface area contributed by atoms with Gasteiger partial charge in [-0.2, -0.15) is 0 Å². The van der Waals surface area contributed by atoms with Crippen LogP contribution in [0.3, 0.4) is 0 Å². The summed E-state index contributed by atoms with van der Waals surface area (Å²) in [7, 11) is 0. The number of anilines is 2. The van der Waals surface area contributed by atoms with Crippen molar-refractivity contribution >= 4 is 23.5 Å². The molecule has 7 nitrogen and oxygen atoms in total. The first-order valence-electron chi connectivity index (χ1n) is 11.1. The number of Topliss-reactive ketones (excluding diaryl/α,β-unsaturated/α-hetero) is 1. The Labute approximate surface area is 183 Å². The van der Waals surface area contributed by atoms with Gasteiger partial charge < -0.3 is 15.1 Å². The van der Waals surface area contributed by atoms with E-state index in [2.05, 4.69) is 20.2 Å². The van der Waals surface area contributed by atoms with Crippen LogP contribution in [-0.2, 0) is 0 Å². The first-order valence-corrected chi connectivity index (χ1v) is 11.1. The maximum atomic E-state index is 13.2. The molecule has 2 amide bonds. The highest BCUT2D eigenvalue weighted by atomic mass is 16.2. The number of ketones is 1. The van der Waals surface area contributed by atoms with Crippen molar-refractivity contribution in [2.75, 3.05) is 29.9 Å². The van der Waals surface area contributed by atoms with E-state index in [0.29, 0.717) is 17.2 Å². The van der Waals surface area contributed by atoms with E-state index < -0.39 is 0 Å². The van der Waals surface area contributed by atoms with Gasteiger partial charge in [-0.25, -0.2) is 14.8 Å². The minimum Gasteiger partial charge on any atom is -0.341 e. The zero-order valence-electron chi connectivity index (χ0n) is 18.6. The lowest BCUT2D eigenvalue weighted by Gasteiger charge is -2.38. The van der Waals surface area contributed by atoms with Crippen molar-refractivity contribution < 1.29 is 9.59 Å². The van der Waals surface area contributed by atoms with E-state index in [1.165, 1.54) is 19.8 Å². The Bertz CT molecular complexity index is 944. The van der Waals surface area contributed by atoms with Crippen LogP contribution in [0, 0.1) is 19.8 Å². The molecule has 7 heteroatoms. The van der Waals surface area contributed by atoms with Crippen LogP contribution in [0.5, 0.6) is 0 Å². The van der Waals surface area contributed by atoms with Crippen LogP contribution < -0.4 is 10.2 Å². The van der Waals surface area contributed by atoms with E-state index in [9.17, 15) is 9.59 Å². The van der Waals surface area contributed by atoms with Crippen molar-refractivity contribution in [2.45, 2.75) is 52.5 Å². The molecule has 1 aliphatic heterocycles. The van der Waals surface area contributed by atoms with Gasteiger partial charge in [-0.1, -0.05) is 12.1 Å². The Kier molecular flexibility index (Phi) is 6.20. The average molecular weight is 422 g/mol. The van der Waals surface area contributed by atoms with Gasteiger partial charge >= 0.3 is 6.03 Å². The first kappa shape index (κ1) is 21.3. The monoisotopic (exact) mass is 421 g/mol. The van der Waals surface area contributed by atoms with Gasteiger partial charge in [0.05, 0.1) is 0 Å². The van der Waals surface area contributed by atoms with Gasteiger partial charge in [-0.05, 0) is 70.6 Å². The number of carbonyl (C=O) groups excluding carboxylic acids is 2. The zero-order valence-corrected chi connectivity index (χ0v) is 18.6. The molecule has 1 aromatic carbocycles. The summed E-state index contributed by atoms with van der Waals surface area (Å²) in [5.74, 6) is 1.39. The van der Waals surface area contributed by atoms with Crippen molar-refractivity contribution in [3.05, 3.63) is 47.3 Å². The molecule has 0 bridgehead atoms. The fourth-order valence-electron chi connectivity index (χ4n) is 4.21. The molecule has 31 heavy (non-hydrogen) atoms. The summed E-state index contributed by atoms with van der Waals surface area (Å²) in [5.41, 5.74) is 3.23. The molecular formula is C24H31N5O2. The number of piperidine rings is 1. The predicted molar refractivity (Wildman–Crippen MR) is 122 cm³/mol. The van der Waals surface area contributed by atoms with Gasteiger partial charge in [0.1, 0.15) is 0 Å². The van der Waals surface area contributed by atoms with E-state index >= 15 is 0 Å². The molecule has 4 rings (SSSR count). The molecule has 2 fully saturated rings. The predicted octanol–water partition coefficient (Wildman–Crippen LogP) is 4.21. The molecule has 1 aliphatic carbocycles. The number of nitrogens with zero attached hydrogens (tertiary/aromatic N) is 4. The summed E-state index contributed by atoms with van der Waals surface area (Å²) in [5, 5.41) is 3.02. The normalized spacial score (nSPS) is 16.8. The Morgan fingerprint density at radius 2 is 1.74 bits per heavy atom. The third-order valence-electron chi connectivity index (χ3n) is 6.09. The van der Waals surface area contributed by atoms with Crippen molar-refractivity contribution in [3.8, 4) is 0 Å². The van der Waals surface area contributed by atoms with E-state index in [0.717, 1.165) is 49.8 Å². The van der Waals surface area contributed by atoms with Gasteiger partial charge in [0.2, 0.25) is 5.95 Å². The highest BCUT2D eigenvalue weighted by Crippen LogP contribution is 2.32. The molecule has 0 atom stereocenters. The minimum atomic E-state index is -0.0753. The number of rotatable bonds is 6. The van der Waals surface area contributed by atoms with Crippen LogP contribution in [0.15, 0.2) is 30.3 Å². The SMILES string of the molecule is CC(=O)c1cccc(NC(=O)N(CC2CC2)C2CCN(c3nc(C)cc(C)n3)CC2)c1. The van der Waals surface area contributed by atoms with Gasteiger partial charge in [0.25, 0.3) is 0 Å². The second kappa shape index (κ2) is 9.04. The van der Waals surface area contributed by atoms with Crippen LogP contribution in [0.1, 0.15) is 54.4 Å². The van der Waals surface area contributed by atoms with Crippen LogP contribution in [0.2, 0.25) is 0 Å². The largest absolute Gasteiger partial charge is 0.341 e. The molecule has 2 aromatic rings. The van der Waals surface area contributed by atoms with Gasteiger partial charge in [-0.15, -0.1) is 0 Å². The molecule has 1 saturated heterocycles. The highest BCUT2D eigenvalue weighted by Gasteiger charge is 2.33. The summed E-state index contributed by atoms with van der Waals surface area (Å²) in [4.78, 5) is 38.3. The highest BCUT2D eigenvalue weighted by molar-refractivity contribution is 5.96. The number of aromatic nitrogens is 2. The average Bonchev–Trinajstić information content (AvgIpc) is 3.56. The summed E-state index contributed by atoms with van der Waals surface area (Å²) < 4.78 is 0. The summed E-state index contributed by atoms with van der Waals surface area (Å²) in [6.07, 6.45) is 4.17. The minimum absolute atomic E-state index is 0.00749. The molecule has 164 valence electrons.